The van der Waals surface area contributed by atoms with Gasteiger partial charge in [0.1, 0.15) is 12.4 Å². The Hall–Kier alpha value is -1.14. The van der Waals surface area contributed by atoms with E-state index < -0.39 is 6.10 Å². The van der Waals surface area contributed by atoms with Gasteiger partial charge in [-0.3, -0.25) is 0 Å². The highest BCUT2D eigenvalue weighted by molar-refractivity contribution is 5.26. The minimum atomic E-state index is -0.453. The molecule has 1 unspecified atom stereocenters. The summed E-state index contributed by atoms with van der Waals surface area (Å²) in [5.74, 6) is 0.760. The largest absolute Gasteiger partial charge is 0.491 e. The predicted octanol–water partition coefficient (Wildman–Crippen LogP) is 3.78. The Labute approximate surface area is 160 Å². The first-order valence-electron chi connectivity index (χ1n) is 9.78. The van der Waals surface area contributed by atoms with Crippen LogP contribution >= 0.6 is 0 Å². The molecule has 0 saturated carbocycles. The second kappa shape index (κ2) is 17.3. The Morgan fingerprint density at radius 1 is 0.923 bits per heavy atom. The van der Waals surface area contributed by atoms with Crippen molar-refractivity contribution in [3.8, 4) is 5.75 Å². The summed E-state index contributed by atoms with van der Waals surface area (Å²) in [4.78, 5) is 0. The van der Waals surface area contributed by atoms with Crippen molar-refractivity contribution in [3.63, 3.8) is 0 Å². The summed E-state index contributed by atoms with van der Waals surface area (Å²) in [7, 11) is 0. The normalized spacial score (nSPS) is 11.8. The van der Waals surface area contributed by atoms with Crippen molar-refractivity contribution < 1.29 is 19.3 Å². The lowest BCUT2D eigenvalue weighted by Gasteiger charge is -2.09. The maximum absolute atomic E-state index is 9.12. The minimum absolute atomic E-state index is 0.310. The molecule has 0 bridgehead atoms. The van der Waals surface area contributed by atoms with E-state index in [1.165, 1.54) is 6.42 Å². The van der Waals surface area contributed by atoms with Gasteiger partial charge in [0.2, 0.25) is 0 Å². The molecule has 0 amide bonds. The van der Waals surface area contributed by atoms with Crippen LogP contribution in [0.1, 0.15) is 53.0 Å². The molecule has 2 N–H and O–H groups in total. The average Bonchev–Trinajstić information content (AvgIpc) is 2.62. The quantitative estimate of drug-likeness (QED) is 0.518. The van der Waals surface area contributed by atoms with Crippen molar-refractivity contribution in [2.75, 3.05) is 33.0 Å². The van der Waals surface area contributed by atoms with Crippen LogP contribution in [0.15, 0.2) is 24.3 Å². The van der Waals surface area contributed by atoms with E-state index in [0.29, 0.717) is 32.5 Å². The molecule has 1 atom stereocenters. The van der Waals surface area contributed by atoms with Crippen LogP contribution in [-0.2, 0) is 16.1 Å². The fourth-order valence-corrected chi connectivity index (χ4v) is 1.89. The molecular weight excluding hydrogens is 330 g/mol. The fourth-order valence-electron chi connectivity index (χ4n) is 1.89. The van der Waals surface area contributed by atoms with Gasteiger partial charge in [-0.25, -0.2) is 0 Å². The number of benzene rings is 1. The fraction of sp³-hybridized carbons (Fsp3) is 0.714. The predicted molar refractivity (Wildman–Crippen MR) is 108 cm³/mol. The van der Waals surface area contributed by atoms with Gasteiger partial charge < -0.3 is 24.6 Å². The SMILES string of the molecule is CCCNC(C)C.CCCOCCOCc1ccc(OCC(C)O)cc1. The second-order valence-electron chi connectivity index (χ2n) is 6.58. The highest BCUT2D eigenvalue weighted by Gasteiger charge is 1.99. The van der Waals surface area contributed by atoms with E-state index in [1.54, 1.807) is 6.92 Å². The van der Waals surface area contributed by atoms with Crippen molar-refractivity contribution in [3.05, 3.63) is 29.8 Å². The van der Waals surface area contributed by atoms with Gasteiger partial charge in [-0.05, 0) is 44.0 Å². The van der Waals surface area contributed by atoms with Gasteiger partial charge in [0.15, 0.2) is 0 Å². The first kappa shape index (κ1) is 24.9. The van der Waals surface area contributed by atoms with Crippen LogP contribution in [0.2, 0.25) is 0 Å². The van der Waals surface area contributed by atoms with Crippen LogP contribution in [0.4, 0.5) is 0 Å². The molecule has 0 saturated heterocycles. The van der Waals surface area contributed by atoms with Gasteiger partial charge in [0.05, 0.1) is 25.9 Å². The van der Waals surface area contributed by atoms with Crippen molar-refractivity contribution in [2.45, 2.75) is 66.2 Å². The number of ether oxygens (including phenoxy) is 3. The molecule has 1 rings (SSSR count). The van der Waals surface area contributed by atoms with Crippen LogP contribution in [0, 0.1) is 0 Å². The van der Waals surface area contributed by atoms with Crippen LogP contribution in [0.3, 0.4) is 0 Å². The van der Waals surface area contributed by atoms with Gasteiger partial charge in [0.25, 0.3) is 0 Å². The molecule has 5 heteroatoms. The summed E-state index contributed by atoms with van der Waals surface area (Å²) in [6.45, 7) is 14.4. The molecule has 0 heterocycles. The average molecular weight is 370 g/mol. The molecule has 1 aromatic carbocycles. The molecule has 26 heavy (non-hydrogen) atoms. The van der Waals surface area contributed by atoms with Crippen LogP contribution in [0.25, 0.3) is 0 Å². The zero-order valence-corrected chi connectivity index (χ0v) is 17.3. The molecule has 0 aromatic heterocycles. The Morgan fingerprint density at radius 2 is 1.58 bits per heavy atom. The number of rotatable bonds is 13. The van der Waals surface area contributed by atoms with Gasteiger partial charge >= 0.3 is 0 Å². The van der Waals surface area contributed by atoms with E-state index in [4.69, 9.17) is 19.3 Å². The molecule has 0 aliphatic heterocycles. The van der Waals surface area contributed by atoms with Crippen molar-refractivity contribution in [1.82, 2.24) is 5.32 Å². The zero-order chi connectivity index (χ0) is 19.6. The van der Waals surface area contributed by atoms with E-state index in [0.717, 1.165) is 30.9 Å². The summed E-state index contributed by atoms with van der Waals surface area (Å²) in [5, 5.41) is 12.4. The van der Waals surface area contributed by atoms with Crippen molar-refractivity contribution >= 4 is 0 Å². The third kappa shape index (κ3) is 16.3. The Kier molecular flexibility index (Phi) is 16.5. The highest BCUT2D eigenvalue weighted by atomic mass is 16.5. The maximum Gasteiger partial charge on any atom is 0.119 e. The highest BCUT2D eigenvalue weighted by Crippen LogP contribution is 2.13. The summed E-state index contributed by atoms with van der Waals surface area (Å²) in [5.41, 5.74) is 1.10. The van der Waals surface area contributed by atoms with Gasteiger partial charge in [-0.1, -0.05) is 39.8 Å². The number of hydrogen-bond donors (Lipinski definition) is 2. The Balaban J connectivity index is 0.000000758. The van der Waals surface area contributed by atoms with Crippen molar-refractivity contribution in [2.24, 2.45) is 0 Å². The number of nitrogens with one attached hydrogen (secondary N) is 1. The van der Waals surface area contributed by atoms with E-state index >= 15 is 0 Å². The third-order valence-corrected chi connectivity index (χ3v) is 3.21. The first-order chi connectivity index (χ1) is 12.5. The number of aliphatic hydroxyl groups is 1. The number of aliphatic hydroxyl groups excluding tert-OH is 1. The molecule has 0 fully saturated rings. The van der Waals surface area contributed by atoms with Gasteiger partial charge in [-0.15, -0.1) is 0 Å². The smallest absolute Gasteiger partial charge is 0.119 e. The van der Waals surface area contributed by atoms with E-state index in [1.807, 2.05) is 24.3 Å². The molecule has 0 aliphatic carbocycles. The summed E-state index contributed by atoms with van der Waals surface area (Å²) in [6.07, 6.45) is 1.82. The molecule has 0 radical (unpaired) electrons. The van der Waals surface area contributed by atoms with Crippen LogP contribution in [-0.4, -0.2) is 50.2 Å². The molecule has 5 nitrogen and oxygen atoms in total. The van der Waals surface area contributed by atoms with Gasteiger partial charge in [0, 0.05) is 12.6 Å². The zero-order valence-electron chi connectivity index (χ0n) is 17.3. The topological polar surface area (TPSA) is 60.0 Å². The minimum Gasteiger partial charge on any atom is -0.491 e. The van der Waals surface area contributed by atoms with Crippen LogP contribution in [0.5, 0.6) is 5.75 Å². The van der Waals surface area contributed by atoms with E-state index in [9.17, 15) is 0 Å². The lowest BCUT2D eigenvalue weighted by molar-refractivity contribution is 0.0408. The summed E-state index contributed by atoms with van der Waals surface area (Å²) < 4.78 is 16.2. The summed E-state index contributed by atoms with van der Waals surface area (Å²) >= 11 is 0. The Morgan fingerprint density at radius 3 is 2.08 bits per heavy atom. The lowest BCUT2D eigenvalue weighted by Crippen LogP contribution is -2.22. The molecule has 1 aromatic rings. The van der Waals surface area contributed by atoms with E-state index in [-0.39, 0.29) is 0 Å². The number of hydrogen-bond acceptors (Lipinski definition) is 5. The maximum atomic E-state index is 9.12. The molecule has 0 spiro atoms. The molecular formula is C21H39NO4. The molecule has 152 valence electrons. The van der Waals surface area contributed by atoms with E-state index in [2.05, 4.69) is 33.0 Å². The Bertz CT molecular complexity index is 407. The first-order valence-corrected chi connectivity index (χ1v) is 9.78. The lowest BCUT2D eigenvalue weighted by atomic mass is 10.2. The van der Waals surface area contributed by atoms with Crippen LogP contribution < -0.4 is 10.1 Å². The third-order valence-electron chi connectivity index (χ3n) is 3.21. The second-order valence-corrected chi connectivity index (χ2v) is 6.58. The molecule has 0 aliphatic rings. The summed E-state index contributed by atoms with van der Waals surface area (Å²) in [6, 6.07) is 8.35. The van der Waals surface area contributed by atoms with Gasteiger partial charge in [-0.2, -0.15) is 0 Å². The van der Waals surface area contributed by atoms with Crippen molar-refractivity contribution in [1.29, 1.82) is 0 Å². The monoisotopic (exact) mass is 369 g/mol. The standard InChI is InChI=1S/C15H24O4.C6H15N/c1-3-8-17-9-10-18-12-14-4-6-15(7-5-14)19-11-13(2)16;1-4-5-7-6(2)3/h4-7,13,16H,3,8-12H2,1-2H3;6-7H,4-5H2,1-3H3.